The van der Waals surface area contributed by atoms with Crippen molar-refractivity contribution in [1.82, 2.24) is 9.80 Å². The Hall–Kier alpha value is -3.72. The summed E-state index contributed by atoms with van der Waals surface area (Å²) in [4.78, 5) is 40.0. The molecule has 1 atom stereocenters. The molecule has 9 nitrogen and oxygen atoms in total. The number of hydrogen-bond acceptors (Lipinski definition) is 7. The molecule has 1 heterocycles. The molecule has 1 amide bonds. The molecule has 1 aliphatic heterocycles. The van der Waals surface area contributed by atoms with Gasteiger partial charge in [0.05, 0.1) is 23.1 Å². The molecule has 2 aromatic carbocycles. The van der Waals surface area contributed by atoms with Gasteiger partial charge in [0.15, 0.2) is 0 Å². The van der Waals surface area contributed by atoms with E-state index >= 15 is 0 Å². The zero-order valence-corrected chi connectivity index (χ0v) is 20.5. The first-order valence-electron chi connectivity index (χ1n) is 11.6. The number of ether oxygens (including phenoxy) is 1. The molecule has 0 bridgehead atoms. The Morgan fingerprint density at radius 1 is 1.17 bits per heavy atom. The lowest BCUT2D eigenvalue weighted by Gasteiger charge is -2.26. The van der Waals surface area contributed by atoms with Crippen LogP contribution in [0.1, 0.15) is 42.5 Å². The minimum atomic E-state index is -0.864. The van der Waals surface area contributed by atoms with Gasteiger partial charge in [0.25, 0.3) is 17.4 Å². The van der Waals surface area contributed by atoms with Crippen LogP contribution in [0.2, 0.25) is 0 Å². The number of unbranched alkanes of at least 4 members (excludes halogenated alkanes) is 1. The predicted octanol–water partition coefficient (Wildman–Crippen LogP) is 4.07. The molecule has 1 unspecified atom stereocenters. The van der Waals surface area contributed by atoms with Gasteiger partial charge in [0.2, 0.25) is 0 Å². The average Bonchev–Trinajstić information content (AvgIpc) is 3.08. The van der Waals surface area contributed by atoms with Crippen molar-refractivity contribution in [3.8, 4) is 5.75 Å². The molecule has 0 saturated carbocycles. The number of rotatable bonds is 10. The number of Topliss-reactive ketones (excluding diaryl/α,β-unsaturated/α-hetero) is 1. The summed E-state index contributed by atoms with van der Waals surface area (Å²) in [5, 5.41) is 22.3. The number of carbonyl (C=O) groups excluding carboxylic acids is 2. The third-order valence-corrected chi connectivity index (χ3v) is 5.95. The van der Waals surface area contributed by atoms with Gasteiger partial charge < -0.3 is 19.6 Å². The average molecular weight is 482 g/mol. The number of nitrogens with zero attached hydrogens (tertiary/aromatic N) is 3. The van der Waals surface area contributed by atoms with Crippen LogP contribution in [0.4, 0.5) is 5.69 Å². The highest BCUT2D eigenvalue weighted by molar-refractivity contribution is 6.46. The van der Waals surface area contributed by atoms with E-state index in [4.69, 9.17) is 4.74 Å². The maximum absolute atomic E-state index is 13.1. The summed E-state index contributed by atoms with van der Waals surface area (Å²) in [6.07, 6.45) is 1.93. The Kier molecular flexibility index (Phi) is 8.24. The van der Waals surface area contributed by atoms with E-state index < -0.39 is 22.7 Å². The fourth-order valence-corrected chi connectivity index (χ4v) is 3.98. The lowest BCUT2D eigenvalue weighted by atomic mass is 9.94. The maximum Gasteiger partial charge on any atom is 0.295 e. The number of non-ortho nitro benzene ring substituents is 1. The molecular formula is C26H31N3O6. The summed E-state index contributed by atoms with van der Waals surface area (Å²) in [5.74, 6) is -1.10. The molecule has 35 heavy (non-hydrogen) atoms. The van der Waals surface area contributed by atoms with E-state index in [1.54, 1.807) is 18.2 Å². The number of hydrogen-bond donors (Lipinski definition) is 1. The molecule has 1 saturated heterocycles. The minimum Gasteiger partial charge on any atom is -0.507 e. The van der Waals surface area contributed by atoms with Gasteiger partial charge in [-0.25, -0.2) is 0 Å². The topological polar surface area (TPSA) is 113 Å². The van der Waals surface area contributed by atoms with Crippen LogP contribution in [0, 0.1) is 17.0 Å². The van der Waals surface area contributed by atoms with Crippen molar-refractivity contribution < 1.29 is 24.4 Å². The summed E-state index contributed by atoms with van der Waals surface area (Å²) in [6.45, 7) is 5.26. The number of likely N-dealkylation sites (N-methyl/N-ethyl adjacent to an activating group) is 1. The second-order valence-corrected chi connectivity index (χ2v) is 8.83. The van der Waals surface area contributed by atoms with Gasteiger partial charge in [-0.1, -0.05) is 13.3 Å². The van der Waals surface area contributed by atoms with Crippen LogP contribution in [-0.4, -0.2) is 65.3 Å². The van der Waals surface area contributed by atoms with Crippen molar-refractivity contribution in [2.24, 2.45) is 0 Å². The molecule has 9 heteroatoms. The highest BCUT2D eigenvalue weighted by Crippen LogP contribution is 2.40. The van der Waals surface area contributed by atoms with Gasteiger partial charge in [0, 0.05) is 30.8 Å². The summed E-state index contributed by atoms with van der Waals surface area (Å²) in [6, 6.07) is 9.93. The number of aryl methyl sites for hydroxylation is 1. The molecule has 1 aliphatic rings. The Labute approximate surface area is 204 Å². The molecule has 0 aliphatic carbocycles. The van der Waals surface area contributed by atoms with E-state index in [1.165, 1.54) is 29.2 Å². The minimum absolute atomic E-state index is 0.0401. The first-order chi connectivity index (χ1) is 16.6. The number of nitro groups is 1. The molecule has 3 rings (SSSR count). The van der Waals surface area contributed by atoms with Crippen LogP contribution in [-0.2, 0) is 9.59 Å². The van der Waals surface area contributed by atoms with Crippen LogP contribution in [0.5, 0.6) is 5.75 Å². The van der Waals surface area contributed by atoms with Crippen LogP contribution in [0.3, 0.4) is 0 Å². The number of aliphatic hydroxyl groups is 1. The van der Waals surface area contributed by atoms with Crippen molar-refractivity contribution in [1.29, 1.82) is 0 Å². The Morgan fingerprint density at radius 2 is 1.86 bits per heavy atom. The van der Waals surface area contributed by atoms with E-state index in [2.05, 4.69) is 6.92 Å². The van der Waals surface area contributed by atoms with Gasteiger partial charge in [-0.15, -0.1) is 0 Å². The van der Waals surface area contributed by atoms with Gasteiger partial charge >= 0.3 is 0 Å². The zero-order chi connectivity index (χ0) is 25.7. The molecule has 1 fully saturated rings. The van der Waals surface area contributed by atoms with Crippen LogP contribution in [0.25, 0.3) is 5.76 Å². The van der Waals surface area contributed by atoms with E-state index in [-0.39, 0.29) is 23.6 Å². The lowest BCUT2D eigenvalue weighted by Crippen LogP contribution is -2.35. The fourth-order valence-electron chi connectivity index (χ4n) is 3.98. The molecule has 0 aromatic heterocycles. The number of likely N-dealkylation sites (tertiary alicyclic amines) is 1. The zero-order valence-electron chi connectivity index (χ0n) is 20.5. The molecule has 1 N–H and O–H groups in total. The van der Waals surface area contributed by atoms with E-state index in [0.717, 1.165) is 18.4 Å². The first kappa shape index (κ1) is 25.9. The van der Waals surface area contributed by atoms with Crippen molar-refractivity contribution in [2.45, 2.75) is 32.7 Å². The second-order valence-electron chi connectivity index (χ2n) is 8.83. The molecule has 2 aromatic rings. The van der Waals surface area contributed by atoms with Crippen molar-refractivity contribution >= 4 is 23.1 Å². The quantitative estimate of drug-likeness (QED) is 0.136. The largest absolute Gasteiger partial charge is 0.507 e. The highest BCUT2D eigenvalue weighted by atomic mass is 16.6. The van der Waals surface area contributed by atoms with E-state index in [9.17, 15) is 24.8 Å². The normalized spacial score (nSPS) is 17.3. The van der Waals surface area contributed by atoms with Gasteiger partial charge in [-0.3, -0.25) is 19.7 Å². The van der Waals surface area contributed by atoms with Crippen LogP contribution < -0.4 is 4.74 Å². The van der Waals surface area contributed by atoms with Crippen LogP contribution >= 0.6 is 0 Å². The third-order valence-electron chi connectivity index (χ3n) is 5.95. The molecule has 186 valence electrons. The first-order valence-corrected chi connectivity index (χ1v) is 11.6. The number of ketones is 1. The standard InChI is InChI=1S/C26H31N3O6/c1-5-6-15-35-21-12-9-19(16-17(21)2)24(30)22-23(18-7-10-20(11-8-18)29(33)34)28(14-13-27(3)4)26(32)25(22)31/h7-12,16,23,30H,5-6,13-15H2,1-4H3. The van der Waals surface area contributed by atoms with Crippen molar-refractivity contribution in [2.75, 3.05) is 33.8 Å². The maximum atomic E-state index is 13.1. The monoisotopic (exact) mass is 481 g/mol. The van der Waals surface area contributed by atoms with Crippen molar-refractivity contribution in [3.05, 3.63) is 74.8 Å². The number of amides is 1. The molecule has 0 spiro atoms. The Morgan fingerprint density at radius 3 is 2.43 bits per heavy atom. The smallest absolute Gasteiger partial charge is 0.295 e. The number of aliphatic hydroxyl groups excluding tert-OH is 1. The Bertz CT molecular complexity index is 1140. The summed E-state index contributed by atoms with van der Waals surface area (Å²) >= 11 is 0. The van der Waals surface area contributed by atoms with Crippen molar-refractivity contribution in [3.63, 3.8) is 0 Å². The summed E-state index contributed by atoms with van der Waals surface area (Å²) in [7, 11) is 3.70. The van der Waals surface area contributed by atoms with Gasteiger partial charge in [-0.2, -0.15) is 0 Å². The Balaban J connectivity index is 2.06. The predicted molar refractivity (Wildman–Crippen MR) is 132 cm³/mol. The number of benzene rings is 2. The lowest BCUT2D eigenvalue weighted by molar-refractivity contribution is -0.384. The van der Waals surface area contributed by atoms with Gasteiger partial charge in [-0.05, 0) is 68.9 Å². The second kappa shape index (κ2) is 11.1. The number of nitro benzene ring substituents is 1. The fraction of sp³-hybridized carbons (Fsp3) is 0.385. The number of carbonyl (C=O) groups is 2. The highest BCUT2D eigenvalue weighted by Gasteiger charge is 2.46. The summed E-state index contributed by atoms with van der Waals surface area (Å²) in [5.41, 5.74) is 1.54. The molecule has 0 radical (unpaired) electrons. The van der Waals surface area contributed by atoms with Crippen LogP contribution in [0.15, 0.2) is 48.0 Å². The molecular weight excluding hydrogens is 450 g/mol. The van der Waals surface area contributed by atoms with E-state index in [0.29, 0.717) is 30.0 Å². The third kappa shape index (κ3) is 5.68. The summed E-state index contributed by atoms with van der Waals surface area (Å²) < 4.78 is 5.78. The van der Waals surface area contributed by atoms with E-state index in [1.807, 2.05) is 25.9 Å². The van der Waals surface area contributed by atoms with Gasteiger partial charge in [0.1, 0.15) is 11.5 Å². The SMILES string of the molecule is CCCCOc1ccc(C(O)=C2C(=O)C(=O)N(CCN(C)C)C2c2ccc([N+](=O)[O-])cc2)cc1C.